The third kappa shape index (κ3) is 4.29. The second-order valence-corrected chi connectivity index (χ2v) is 10.5. The predicted molar refractivity (Wildman–Crippen MR) is 114 cm³/mol. The van der Waals surface area contributed by atoms with Crippen molar-refractivity contribution in [1.82, 2.24) is 9.88 Å². The molecule has 3 aromatic rings. The number of hydrogen-bond donors (Lipinski definition) is 0. The van der Waals surface area contributed by atoms with Gasteiger partial charge in [0.25, 0.3) is 0 Å². The Balaban J connectivity index is 1.43. The lowest BCUT2D eigenvalue weighted by Crippen LogP contribution is -2.36. The van der Waals surface area contributed by atoms with Crippen LogP contribution in [0.5, 0.6) is 0 Å². The fraction of sp³-hybridized carbons (Fsp3) is 0.273. The Morgan fingerprint density at radius 3 is 2.63 bits per heavy atom. The number of amides is 1. The van der Waals surface area contributed by atoms with Crippen LogP contribution in [-0.4, -0.2) is 36.5 Å². The van der Waals surface area contributed by atoms with Crippen LogP contribution in [0.2, 0.25) is 0 Å². The number of nitrogens with zero attached hydrogens (tertiary/aromatic N) is 2. The third-order valence-corrected chi connectivity index (χ3v) is 8.00. The van der Waals surface area contributed by atoms with Crippen molar-refractivity contribution in [2.75, 3.05) is 12.3 Å². The van der Waals surface area contributed by atoms with Crippen molar-refractivity contribution in [3.63, 3.8) is 0 Å². The smallest absolute Gasteiger partial charge is 0.223 e. The van der Waals surface area contributed by atoms with Crippen molar-refractivity contribution < 1.29 is 17.6 Å². The zero-order valence-corrected chi connectivity index (χ0v) is 18.1. The maximum Gasteiger partial charge on any atom is 0.223 e. The zero-order chi connectivity index (χ0) is 21.3. The van der Waals surface area contributed by atoms with Crippen LogP contribution in [0.4, 0.5) is 4.39 Å². The van der Waals surface area contributed by atoms with E-state index < -0.39 is 9.84 Å². The molecule has 2 aromatic carbocycles. The van der Waals surface area contributed by atoms with Gasteiger partial charge in [0.1, 0.15) is 10.8 Å². The first-order valence-electron chi connectivity index (χ1n) is 9.64. The quantitative estimate of drug-likeness (QED) is 0.596. The van der Waals surface area contributed by atoms with Crippen molar-refractivity contribution >= 4 is 27.1 Å². The molecule has 0 bridgehead atoms. The first-order chi connectivity index (χ1) is 14.3. The highest BCUT2D eigenvalue weighted by atomic mass is 32.2. The molecular weight excluding hydrogens is 423 g/mol. The summed E-state index contributed by atoms with van der Waals surface area (Å²) in [6.07, 6.45) is 0.515. The highest BCUT2D eigenvalue weighted by Crippen LogP contribution is 2.33. The summed E-state index contributed by atoms with van der Waals surface area (Å²) in [6, 6.07) is 13.1. The Labute approximate surface area is 179 Å². The number of carbonyl (C=O) groups is 1. The number of halogens is 1. The molecule has 0 fully saturated rings. The molecule has 30 heavy (non-hydrogen) atoms. The molecule has 1 aliphatic rings. The molecule has 1 aromatic heterocycles. The van der Waals surface area contributed by atoms with Crippen LogP contribution in [0.1, 0.15) is 22.6 Å². The number of aromatic nitrogens is 1. The number of carbonyl (C=O) groups excluding carboxylic acids is 1. The summed E-state index contributed by atoms with van der Waals surface area (Å²) in [5, 5.41) is 0.606. The van der Waals surface area contributed by atoms with Crippen LogP contribution in [-0.2, 0) is 27.6 Å². The Morgan fingerprint density at radius 1 is 1.17 bits per heavy atom. The molecule has 0 radical (unpaired) electrons. The normalized spacial score (nSPS) is 13.9. The van der Waals surface area contributed by atoms with Crippen LogP contribution < -0.4 is 0 Å². The average Bonchev–Trinajstić information content (AvgIpc) is 3.16. The van der Waals surface area contributed by atoms with Crippen LogP contribution in [0.25, 0.3) is 10.6 Å². The molecule has 0 unspecified atom stereocenters. The molecule has 1 amide bonds. The summed E-state index contributed by atoms with van der Waals surface area (Å²) in [7, 11) is -3.51. The lowest BCUT2D eigenvalue weighted by atomic mass is 10.1. The van der Waals surface area contributed by atoms with Gasteiger partial charge in [0.15, 0.2) is 9.84 Å². The fourth-order valence-corrected chi connectivity index (χ4v) is 5.78. The van der Waals surface area contributed by atoms with E-state index in [-0.39, 0.29) is 28.8 Å². The minimum atomic E-state index is -3.51. The summed E-state index contributed by atoms with van der Waals surface area (Å²) < 4.78 is 39.1. The molecule has 1 aliphatic heterocycles. The highest BCUT2D eigenvalue weighted by Gasteiger charge is 2.26. The number of hydrogen-bond acceptors (Lipinski definition) is 5. The van der Waals surface area contributed by atoms with Crippen LogP contribution in [0, 0.1) is 12.7 Å². The van der Waals surface area contributed by atoms with Crippen molar-refractivity contribution in [2.45, 2.75) is 31.2 Å². The largest absolute Gasteiger partial charge is 0.337 e. The van der Waals surface area contributed by atoms with Gasteiger partial charge in [-0.05, 0) is 31.2 Å². The number of rotatable bonds is 5. The van der Waals surface area contributed by atoms with Crippen LogP contribution in [0.3, 0.4) is 0 Å². The van der Waals surface area contributed by atoms with Gasteiger partial charge in [0.2, 0.25) is 5.91 Å². The lowest BCUT2D eigenvalue weighted by Gasteiger charge is -2.26. The van der Waals surface area contributed by atoms with Gasteiger partial charge >= 0.3 is 0 Å². The van der Waals surface area contributed by atoms with Crippen molar-refractivity contribution in [3.8, 4) is 10.6 Å². The molecule has 156 valence electrons. The van der Waals surface area contributed by atoms with E-state index in [1.54, 1.807) is 47.4 Å². The van der Waals surface area contributed by atoms with E-state index >= 15 is 0 Å². The SMILES string of the molecule is Cc1ccc(S(=O)(=O)CCC(=O)N2CCc3nc(-c4ccccc4F)sc3C2)cc1. The molecule has 0 atom stereocenters. The summed E-state index contributed by atoms with van der Waals surface area (Å²) in [5.41, 5.74) is 2.32. The number of sulfone groups is 1. The molecular formula is C22H21FN2O3S2. The Morgan fingerprint density at radius 2 is 1.90 bits per heavy atom. The standard InChI is InChI=1S/C22H21FN2O3S2/c1-15-6-8-16(9-7-15)30(27,28)13-11-21(26)25-12-10-19-20(14-25)29-22(24-19)17-4-2-3-5-18(17)23/h2-9H,10-14H2,1H3. The summed E-state index contributed by atoms with van der Waals surface area (Å²) in [4.78, 5) is 20.0. The second kappa shape index (κ2) is 8.28. The maximum atomic E-state index is 14.1. The number of aryl methyl sites for hydroxylation is 1. The van der Waals surface area contributed by atoms with E-state index in [1.165, 1.54) is 17.4 Å². The molecule has 4 rings (SSSR count). The summed E-state index contributed by atoms with van der Waals surface area (Å²) >= 11 is 1.38. The van der Waals surface area contributed by atoms with E-state index in [2.05, 4.69) is 4.98 Å². The molecule has 0 saturated heterocycles. The average molecular weight is 445 g/mol. The van der Waals surface area contributed by atoms with Gasteiger partial charge in [-0.2, -0.15) is 0 Å². The molecule has 8 heteroatoms. The van der Waals surface area contributed by atoms with E-state index in [4.69, 9.17) is 0 Å². The van der Waals surface area contributed by atoms with E-state index in [0.29, 0.717) is 30.1 Å². The van der Waals surface area contributed by atoms with Crippen LogP contribution in [0.15, 0.2) is 53.4 Å². The van der Waals surface area contributed by atoms with Gasteiger partial charge in [-0.15, -0.1) is 11.3 Å². The van der Waals surface area contributed by atoms with Gasteiger partial charge in [0, 0.05) is 29.8 Å². The number of fused-ring (bicyclic) bond motifs is 1. The van der Waals surface area contributed by atoms with Crippen molar-refractivity contribution in [3.05, 3.63) is 70.5 Å². The number of benzene rings is 2. The first kappa shape index (κ1) is 20.7. The van der Waals surface area contributed by atoms with E-state index in [1.807, 2.05) is 6.92 Å². The first-order valence-corrected chi connectivity index (χ1v) is 12.1. The number of thiazole rings is 1. The third-order valence-electron chi connectivity index (χ3n) is 5.15. The molecule has 0 N–H and O–H groups in total. The maximum absolute atomic E-state index is 14.1. The fourth-order valence-electron chi connectivity index (χ4n) is 3.40. The van der Waals surface area contributed by atoms with Gasteiger partial charge in [0.05, 0.1) is 22.9 Å². The molecule has 0 saturated carbocycles. The minimum Gasteiger partial charge on any atom is -0.337 e. The monoisotopic (exact) mass is 444 g/mol. The second-order valence-electron chi connectivity index (χ2n) is 7.32. The van der Waals surface area contributed by atoms with Gasteiger partial charge in [-0.25, -0.2) is 17.8 Å². The van der Waals surface area contributed by atoms with E-state index in [0.717, 1.165) is 16.1 Å². The van der Waals surface area contributed by atoms with Crippen molar-refractivity contribution in [1.29, 1.82) is 0 Å². The van der Waals surface area contributed by atoms with Gasteiger partial charge < -0.3 is 4.90 Å². The van der Waals surface area contributed by atoms with E-state index in [9.17, 15) is 17.6 Å². The highest BCUT2D eigenvalue weighted by molar-refractivity contribution is 7.91. The topological polar surface area (TPSA) is 67.3 Å². The molecule has 5 nitrogen and oxygen atoms in total. The summed E-state index contributed by atoms with van der Waals surface area (Å²) in [5.74, 6) is -0.739. The predicted octanol–water partition coefficient (Wildman–Crippen LogP) is 4.01. The van der Waals surface area contributed by atoms with Crippen LogP contribution >= 0.6 is 11.3 Å². The molecule has 2 heterocycles. The van der Waals surface area contributed by atoms with Gasteiger partial charge in [-0.1, -0.05) is 29.8 Å². The van der Waals surface area contributed by atoms with Crippen molar-refractivity contribution in [2.24, 2.45) is 0 Å². The Kier molecular flexibility index (Phi) is 5.71. The Hall–Kier alpha value is -2.58. The minimum absolute atomic E-state index is 0.0650. The zero-order valence-electron chi connectivity index (χ0n) is 16.5. The molecule has 0 spiro atoms. The lowest BCUT2D eigenvalue weighted by molar-refractivity contribution is -0.131. The summed E-state index contributed by atoms with van der Waals surface area (Å²) in [6.45, 7) is 2.75. The van der Waals surface area contributed by atoms with Gasteiger partial charge in [-0.3, -0.25) is 4.79 Å². The Bertz CT molecular complexity index is 1190. The molecule has 0 aliphatic carbocycles.